The molecule has 0 spiro atoms. The highest BCUT2D eigenvalue weighted by Gasteiger charge is 2.18. The number of carbonyl (C=O) groups excluding carboxylic acids is 2. The normalized spacial score (nSPS) is 11.1. The third-order valence-corrected chi connectivity index (χ3v) is 2.30. The number of anilines is 1. The molecule has 1 aromatic rings. The van der Waals surface area contributed by atoms with Crippen molar-refractivity contribution in [3.63, 3.8) is 0 Å². The second kappa shape index (κ2) is 5.03. The van der Waals surface area contributed by atoms with Gasteiger partial charge in [0.05, 0.1) is 6.54 Å². The molecule has 6 nitrogen and oxygen atoms in total. The van der Waals surface area contributed by atoms with E-state index < -0.39 is 11.8 Å². The van der Waals surface area contributed by atoms with Gasteiger partial charge >= 0.3 is 0 Å². The van der Waals surface area contributed by atoms with Crippen molar-refractivity contribution in [2.75, 3.05) is 12.3 Å². The van der Waals surface area contributed by atoms with E-state index in [1.165, 1.54) is 6.07 Å². The highest BCUT2D eigenvalue weighted by Crippen LogP contribution is 2.22. The van der Waals surface area contributed by atoms with E-state index in [1.807, 2.05) is 20.8 Å². The Morgan fingerprint density at radius 1 is 1.33 bits per heavy atom. The Bertz CT molecular complexity index is 477. The number of nitrogens with one attached hydrogen (secondary N) is 1. The number of nitrogens with zero attached hydrogens (tertiary/aromatic N) is 1. The predicted octanol–water partition coefficient (Wildman–Crippen LogP) is 0.176. The largest absolute Gasteiger partial charge is 0.384 e. The summed E-state index contributed by atoms with van der Waals surface area (Å²) >= 11 is 0. The maximum absolute atomic E-state index is 11.8. The molecule has 0 unspecified atom stereocenters. The number of rotatable bonds is 3. The standard InChI is InChI=1S/C12H18N4O2/c1-12(2,3)8-4-7(5-9(13)16-8)11(18)15-6-10(14)17/h4-5H,6H2,1-3H3,(H2,13,16)(H2,14,17)(H,15,18). The van der Waals surface area contributed by atoms with Crippen LogP contribution in [0.25, 0.3) is 0 Å². The van der Waals surface area contributed by atoms with Crippen molar-refractivity contribution in [3.8, 4) is 0 Å². The Morgan fingerprint density at radius 2 is 1.94 bits per heavy atom. The zero-order valence-corrected chi connectivity index (χ0v) is 10.8. The van der Waals surface area contributed by atoms with Gasteiger partial charge in [0.1, 0.15) is 5.82 Å². The average Bonchev–Trinajstić information content (AvgIpc) is 2.23. The lowest BCUT2D eigenvalue weighted by Crippen LogP contribution is -2.33. The maximum atomic E-state index is 11.8. The summed E-state index contributed by atoms with van der Waals surface area (Å²) in [6.45, 7) is 5.71. The summed E-state index contributed by atoms with van der Waals surface area (Å²) < 4.78 is 0. The number of aromatic nitrogens is 1. The Hall–Kier alpha value is -2.11. The first-order chi connectivity index (χ1) is 8.20. The molecule has 0 saturated heterocycles. The summed E-state index contributed by atoms with van der Waals surface area (Å²) in [4.78, 5) is 26.6. The van der Waals surface area contributed by atoms with E-state index in [0.29, 0.717) is 11.3 Å². The molecule has 0 fully saturated rings. The number of carbonyl (C=O) groups is 2. The number of primary amides is 1. The van der Waals surface area contributed by atoms with Crippen LogP contribution < -0.4 is 16.8 Å². The lowest BCUT2D eigenvalue weighted by Gasteiger charge is -2.18. The van der Waals surface area contributed by atoms with Crippen LogP contribution in [0.1, 0.15) is 36.8 Å². The molecular weight excluding hydrogens is 232 g/mol. The van der Waals surface area contributed by atoms with Gasteiger partial charge in [-0.3, -0.25) is 9.59 Å². The predicted molar refractivity (Wildman–Crippen MR) is 68.9 cm³/mol. The van der Waals surface area contributed by atoms with E-state index in [1.54, 1.807) is 6.07 Å². The molecule has 18 heavy (non-hydrogen) atoms. The smallest absolute Gasteiger partial charge is 0.251 e. The minimum atomic E-state index is -0.596. The second-order valence-electron chi connectivity index (χ2n) is 5.06. The molecule has 0 atom stereocenters. The monoisotopic (exact) mass is 250 g/mol. The van der Waals surface area contributed by atoms with Gasteiger partial charge in [-0.1, -0.05) is 20.8 Å². The van der Waals surface area contributed by atoms with Gasteiger partial charge in [0, 0.05) is 16.7 Å². The van der Waals surface area contributed by atoms with Gasteiger partial charge in [0.15, 0.2) is 0 Å². The fourth-order valence-electron chi connectivity index (χ4n) is 1.34. The van der Waals surface area contributed by atoms with E-state index in [0.717, 1.165) is 0 Å². The molecule has 1 heterocycles. The number of nitrogens with two attached hydrogens (primary N) is 2. The van der Waals surface area contributed by atoms with E-state index in [9.17, 15) is 9.59 Å². The van der Waals surface area contributed by atoms with Gasteiger partial charge in [-0.15, -0.1) is 0 Å². The van der Waals surface area contributed by atoms with Gasteiger partial charge in [0.2, 0.25) is 5.91 Å². The van der Waals surface area contributed by atoms with Crippen LogP contribution in [-0.2, 0) is 10.2 Å². The molecule has 0 bridgehead atoms. The molecular formula is C12H18N4O2. The van der Waals surface area contributed by atoms with Crippen LogP contribution in [0, 0.1) is 0 Å². The third kappa shape index (κ3) is 3.73. The third-order valence-electron chi connectivity index (χ3n) is 2.30. The molecule has 0 aliphatic carbocycles. The molecule has 0 saturated carbocycles. The lowest BCUT2D eigenvalue weighted by atomic mass is 9.90. The first kappa shape index (κ1) is 14.0. The maximum Gasteiger partial charge on any atom is 0.251 e. The van der Waals surface area contributed by atoms with Crippen LogP contribution in [0.5, 0.6) is 0 Å². The quantitative estimate of drug-likeness (QED) is 0.710. The van der Waals surface area contributed by atoms with Crippen LogP contribution in [0.15, 0.2) is 12.1 Å². The van der Waals surface area contributed by atoms with E-state index in [2.05, 4.69) is 10.3 Å². The number of amides is 2. The van der Waals surface area contributed by atoms with Crippen LogP contribution in [-0.4, -0.2) is 23.3 Å². The van der Waals surface area contributed by atoms with Crippen molar-refractivity contribution < 1.29 is 9.59 Å². The van der Waals surface area contributed by atoms with Gasteiger partial charge < -0.3 is 16.8 Å². The van der Waals surface area contributed by atoms with Gasteiger partial charge in [-0.05, 0) is 12.1 Å². The Labute approximate surface area is 106 Å². The van der Waals surface area contributed by atoms with Crippen LogP contribution in [0.2, 0.25) is 0 Å². The molecule has 0 aliphatic heterocycles. The van der Waals surface area contributed by atoms with Crippen molar-refractivity contribution >= 4 is 17.6 Å². The molecule has 2 amide bonds. The number of pyridine rings is 1. The molecule has 1 rings (SSSR count). The number of hydrogen-bond donors (Lipinski definition) is 3. The van der Waals surface area contributed by atoms with Crippen LogP contribution in [0.3, 0.4) is 0 Å². The fraction of sp³-hybridized carbons (Fsp3) is 0.417. The van der Waals surface area contributed by atoms with E-state index in [-0.39, 0.29) is 17.8 Å². The first-order valence-corrected chi connectivity index (χ1v) is 5.54. The fourth-order valence-corrected chi connectivity index (χ4v) is 1.34. The Balaban J connectivity index is 2.99. The SMILES string of the molecule is CC(C)(C)c1cc(C(=O)NCC(N)=O)cc(N)n1. The second-order valence-corrected chi connectivity index (χ2v) is 5.06. The molecule has 0 aliphatic rings. The lowest BCUT2D eigenvalue weighted by molar-refractivity contribution is -0.117. The van der Waals surface area contributed by atoms with Crippen molar-refractivity contribution in [3.05, 3.63) is 23.4 Å². The van der Waals surface area contributed by atoms with Crippen molar-refractivity contribution in [1.29, 1.82) is 0 Å². The Morgan fingerprint density at radius 3 is 2.44 bits per heavy atom. The van der Waals surface area contributed by atoms with E-state index in [4.69, 9.17) is 11.5 Å². The van der Waals surface area contributed by atoms with Crippen molar-refractivity contribution in [1.82, 2.24) is 10.3 Å². The highest BCUT2D eigenvalue weighted by atomic mass is 16.2. The van der Waals surface area contributed by atoms with Crippen LogP contribution >= 0.6 is 0 Å². The van der Waals surface area contributed by atoms with Gasteiger partial charge in [0.25, 0.3) is 5.91 Å². The minimum absolute atomic E-state index is 0.202. The summed E-state index contributed by atoms with van der Waals surface area (Å²) in [6, 6.07) is 3.12. The summed E-state index contributed by atoms with van der Waals surface area (Å²) in [5.74, 6) is -0.721. The summed E-state index contributed by atoms with van der Waals surface area (Å²) in [6.07, 6.45) is 0. The molecule has 5 N–H and O–H groups in total. The molecule has 0 radical (unpaired) electrons. The van der Waals surface area contributed by atoms with Gasteiger partial charge in [-0.25, -0.2) is 4.98 Å². The molecule has 6 heteroatoms. The first-order valence-electron chi connectivity index (χ1n) is 5.54. The topological polar surface area (TPSA) is 111 Å². The van der Waals surface area contributed by atoms with Crippen LogP contribution in [0.4, 0.5) is 5.82 Å². The summed E-state index contributed by atoms with van der Waals surface area (Å²) in [7, 11) is 0. The zero-order chi connectivity index (χ0) is 13.9. The summed E-state index contributed by atoms with van der Waals surface area (Å²) in [5.41, 5.74) is 11.5. The average molecular weight is 250 g/mol. The molecule has 0 aromatic carbocycles. The molecule has 1 aromatic heterocycles. The number of hydrogen-bond acceptors (Lipinski definition) is 4. The number of nitrogen functional groups attached to an aromatic ring is 1. The zero-order valence-electron chi connectivity index (χ0n) is 10.8. The Kier molecular flexibility index (Phi) is 3.90. The van der Waals surface area contributed by atoms with Crippen molar-refractivity contribution in [2.45, 2.75) is 26.2 Å². The van der Waals surface area contributed by atoms with E-state index >= 15 is 0 Å². The molecule has 98 valence electrons. The van der Waals surface area contributed by atoms with Crippen molar-refractivity contribution in [2.24, 2.45) is 5.73 Å². The highest BCUT2D eigenvalue weighted by molar-refractivity contribution is 5.96. The van der Waals surface area contributed by atoms with Gasteiger partial charge in [-0.2, -0.15) is 0 Å². The minimum Gasteiger partial charge on any atom is -0.384 e. The summed E-state index contributed by atoms with van der Waals surface area (Å²) in [5, 5.41) is 2.41.